The first-order valence-electron chi connectivity index (χ1n) is 7.93. The van der Waals surface area contributed by atoms with Crippen molar-refractivity contribution < 1.29 is 14.9 Å². The molecule has 1 aliphatic rings. The lowest BCUT2D eigenvalue weighted by Crippen LogP contribution is -2.24. The first-order chi connectivity index (χ1) is 12.6. The summed E-state index contributed by atoms with van der Waals surface area (Å²) in [4.78, 5) is 13.8. The van der Waals surface area contributed by atoms with Gasteiger partial charge in [-0.1, -0.05) is 23.4 Å². The summed E-state index contributed by atoms with van der Waals surface area (Å²) < 4.78 is 7.58. The Morgan fingerprint density at radius 1 is 1.31 bits per heavy atom. The molecule has 136 valence electrons. The summed E-state index contributed by atoms with van der Waals surface area (Å²) in [6.45, 7) is -0.263. The van der Waals surface area contributed by atoms with E-state index in [0.29, 0.717) is 27.8 Å². The Labute approximate surface area is 158 Å². The maximum absolute atomic E-state index is 10.1. The molecule has 10 heteroatoms. The number of nitrogen functional groups attached to an aromatic ring is 1. The molecular weight excluding hydrogens is 378 g/mol. The fraction of sp³-hybridized carbons (Fsp3) is 0.312. The molecule has 1 fully saturated rings. The Bertz CT molecular complexity index is 936. The van der Waals surface area contributed by atoms with E-state index in [0.717, 1.165) is 4.90 Å². The molecular formula is C16H16ClN5O3S. The number of nitrogens with two attached hydrogens (primary N) is 1. The van der Waals surface area contributed by atoms with Crippen molar-refractivity contribution in [1.29, 1.82) is 0 Å². The number of hydrogen-bond acceptors (Lipinski definition) is 8. The third-order valence-electron chi connectivity index (χ3n) is 4.17. The average molecular weight is 394 g/mol. The van der Waals surface area contributed by atoms with Crippen LogP contribution in [0, 0.1) is 0 Å². The van der Waals surface area contributed by atoms with Crippen molar-refractivity contribution in [2.24, 2.45) is 0 Å². The van der Waals surface area contributed by atoms with Crippen LogP contribution in [0.1, 0.15) is 12.6 Å². The fourth-order valence-electron chi connectivity index (χ4n) is 2.88. The van der Waals surface area contributed by atoms with E-state index >= 15 is 0 Å². The molecule has 0 aliphatic carbocycles. The monoisotopic (exact) mass is 393 g/mol. The Morgan fingerprint density at radius 3 is 2.77 bits per heavy atom. The zero-order chi connectivity index (χ0) is 18.3. The molecule has 3 aromatic rings. The molecule has 8 nitrogen and oxygen atoms in total. The summed E-state index contributed by atoms with van der Waals surface area (Å²) in [6, 6.07) is 7.35. The number of halogens is 1. The quantitative estimate of drug-likeness (QED) is 0.614. The SMILES string of the molecule is Nc1ncnc2c1nc(Sc1ccc(Cl)cc1)n2[C@H]1C[C@H](O)[C@@H](CO)O1. The third kappa shape index (κ3) is 3.12. The predicted octanol–water partition coefficient (Wildman–Crippen LogP) is 1.85. The van der Waals surface area contributed by atoms with Crippen molar-refractivity contribution in [3.63, 3.8) is 0 Å². The Balaban J connectivity index is 1.79. The number of imidazole rings is 1. The van der Waals surface area contributed by atoms with Gasteiger partial charge in [0.1, 0.15) is 18.7 Å². The van der Waals surface area contributed by atoms with Crippen LogP contribution in [-0.2, 0) is 4.74 Å². The smallest absolute Gasteiger partial charge is 0.177 e. The molecule has 0 unspecified atom stereocenters. The first kappa shape index (κ1) is 17.5. The normalized spacial score (nSPS) is 23.0. The highest BCUT2D eigenvalue weighted by Gasteiger charge is 2.37. The maximum atomic E-state index is 10.1. The second-order valence-electron chi connectivity index (χ2n) is 5.87. The van der Waals surface area contributed by atoms with Gasteiger partial charge in [0.25, 0.3) is 0 Å². The molecule has 0 radical (unpaired) electrons. The van der Waals surface area contributed by atoms with Gasteiger partial charge < -0.3 is 20.7 Å². The van der Waals surface area contributed by atoms with E-state index in [1.165, 1.54) is 18.1 Å². The van der Waals surface area contributed by atoms with Gasteiger partial charge in [-0.15, -0.1) is 0 Å². The van der Waals surface area contributed by atoms with Gasteiger partial charge >= 0.3 is 0 Å². The summed E-state index contributed by atoms with van der Waals surface area (Å²) in [7, 11) is 0. The van der Waals surface area contributed by atoms with Crippen molar-refractivity contribution in [2.45, 2.75) is 34.9 Å². The number of aromatic nitrogens is 4. The van der Waals surface area contributed by atoms with Crippen LogP contribution in [0.25, 0.3) is 11.2 Å². The molecule has 3 heterocycles. The van der Waals surface area contributed by atoms with E-state index in [9.17, 15) is 10.2 Å². The van der Waals surface area contributed by atoms with Gasteiger partial charge in [-0.25, -0.2) is 15.0 Å². The fourth-order valence-corrected chi connectivity index (χ4v) is 3.93. The van der Waals surface area contributed by atoms with E-state index < -0.39 is 18.4 Å². The molecule has 4 rings (SSSR count). The second-order valence-corrected chi connectivity index (χ2v) is 7.34. The van der Waals surface area contributed by atoms with Crippen LogP contribution in [0.5, 0.6) is 0 Å². The molecule has 0 spiro atoms. The molecule has 2 aromatic heterocycles. The molecule has 3 atom stereocenters. The zero-order valence-corrected chi connectivity index (χ0v) is 15.1. The van der Waals surface area contributed by atoms with Crippen molar-refractivity contribution in [3.05, 3.63) is 35.6 Å². The van der Waals surface area contributed by atoms with Crippen LogP contribution < -0.4 is 5.73 Å². The third-order valence-corrected chi connectivity index (χ3v) is 5.40. The summed E-state index contributed by atoms with van der Waals surface area (Å²) in [5, 5.41) is 20.7. The first-order valence-corrected chi connectivity index (χ1v) is 9.12. The van der Waals surface area contributed by atoms with Gasteiger partial charge in [-0.3, -0.25) is 4.57 Å². The highest BCUT2D eigenvalue weighted by atomic mass is 35.5. The lowest BCUT2D eigenvalue weighted by atomic mass is 10.2. The number of aliphatic hydroxyl groups excluding tert-OH is 2. The summed E-state index contributed by atoms with van der Waals surface area (Å²) in [5.74, 6) is 0.268. The number of rotatable bonds is 4. The molecule has 1 aliphatic heterocycles. The van der Waals surface area contributed by atoms with E-state index in [2.05, 4.69) is 15.0 Å². The summed E-state index contributed by atoms with van der Waals surface area (Å²) in [5.41, 5.74) is 6.93. The Morgan fingerprint density at radius 2 is 2.08 bits per heavy atom. The highest BCUT2D eigenvalue weighted by molar-refractivity contribution is 7.99. The number of fused-ring (bicyclic) bond motifs is 1. The molecule has 0 saturated carbocycles. The van der Waals surface area contributed by atoms with Gasteiger partial charge in [0.05, 0.1) is 12.7 Å². The zero-order valence-electron chi connectivity index (χ0n) is 13.5. The largest absolute Gasteiger partial charge is 0.394 e. The van der Waals surface area contributed by atoms with Gasteiger partial charge in [0.15, 0.2) is 22.1 Å². The molecule has 0 bridgehead atoms. The van der Waals surface area contributed by atoms with E-state index in [-0.39, 0.29) is 12.4 Å². The van der Waals surface area contributed by atoms with Crippen molar-refractivity contribution in [2.75, 3.05) is 12.3 Å². The van der Waals surface area contributed by atoms with Crippen LogP contribution in [0.3, 0.4) is 0 Å². The predicted molar refractivity (Wildman–Crippen MR) is 96.9 cm³/mol. The Hall–Kier alpha value is -1.91. The molecule has 1 saturated heterocycles. The lowest BCUT2D eigenvalue weighted by Gasteiger charge is -2.16. The Kier molecular flexibility index (Phi) is 4.72. The minimum Gasteiger partial charge on any atom is -0.394 e. The van der Waals surface area contributed by atoms with Gasteiger partial charge in [-0.05, 0) is 24.3 Å². The number of anilines is 1. The van der Waals surface area contributed by atoms with Crippen molar-refractivity contribution in [3.8, 4) is 0 Å². The number of ether oxygens (including phenoxy) is 1. The van der Waals surface area contributed by atoms with Crippen LogP contribution in [-0.4, -0.2) is 48.5 Å². The standard InChI is InChI=1S/C16H16ClN5O3S/c17-8-1-3-9(4-2-8)26-16-21-13-14(18)19-7-20-15(13)22(16)12-5-10(24)11(6-23)25-12/h1-4,7,10-12,23-24H,5-6H2,(H2,18,19,20)/t10-,11+,12+/m0/s1. The van der Waals surface area contributed by atoms with Crippen molar-refractivity contribution >= 4 is 40.3 Å². The average Bonchev–Trinajstić information content (AvgIpc) is 3.17. The molecule has 4 N–H and O–H groups in total. The number of hydrogen-bond donors (Lipinski definition) is 3. The van der Waals surface area contributed by atoms with E-state index in [1.807, 2.05) is 12.1 Å². The summed E-state index contributed by atoms with van der Waals surface area (Å²) >= 11 is 7.35. The topological polar surface area (TPSA) is 119 Å². The summed E-state index contributed by atoms with van der Waals surface area (Å²) in [6.07, 6.45) is -0.257. The van der Waals surface area contributed by atoms with Gasteiger partial charge in [0, 0.05) is 16.3 Å². The molecule has 0 amide bonds. The second kappa shape index (κ2) is 7.01. The van der Waals surface area contributed by atoms with Crippen LogP contribution >= 0.6 is 23.4 Å². The lowest BCUT2D eigenvalue weighted by molar-refractivity contribution is -0.0457. The molecule has 26 heavy (non-hydrogen) atoms. The van der Waals surface area contributed by atoms with E-state index in [4.69, 9.17) is 22.1 Å². The maximum Gasteiger partial charge on any atom is 0.177 e. The molecule has 1 aromatic carbocycles. The number of benzene rings is 1. The minimum atomic E-state index is -0.769. The van der Waals surface area contributed by atoms with Gasteiger partial charge in [0.2, 0.25) is 0 Å². The van der Waals surface area contributed by atoms with Gasteiger partial charge in [-0.2, -0.15) is 0 Å². The highest BCUT2D eigenvalue weighted by Crippen LogP contribution is 2.38. The van der Waals surface area contributed by atoms with Crippen LogP contribution in [0.2, 0.25) is 5.02 Å². The van der Waals surface area contributed by atoms with Crippen LogP contribution in [0.15, 0.2) is 40.6 Å². The number of aliphatic hydroxyl groups is 2. The van der Waals surface area contributed by atoms with E-state index in [1.54, 1.807) is 16.7 Å². The van der Waals surface area contributed by atoms with Crippen LogP contribution in [0.4, 0.5) is 5.82 Å². The van der Waals surface area contributed by atoms with Crippen molar-refractivity contribution in [1.82, 2.24) is 19.5 Å². The number of nitrogens with zero attached hydrogens (tertiary/aromatic N) is 4. The minimum absolute atomic E-state index is 0.263.